The first-order chi connectivity index (χ1) is 12.5. The summed E-state index contributed by atoms with van der Waals surface area (Å²) in [6.45, 7) is 4.92. The van der Waals surface area contributed by atoms with Crippen molar-refractivity contribution in [2.24, 2.45) is 0 Å². The number of fused-ring (bicyclic) bond motifs is 1. The molecule has 0 spiro atoms. The lowest BCUT2D eigenvalue weighted by atomic mass is 10.3. The molecule has 1 fully saturated rings. The average Bonchev–Trinajstić information content (AvgIpc) is 3.28. The Balaban J connectivity index is 1.46. The van der Waals surface area contributed by atoms with Gasteiger partial charge >= 0.3 is 0 Å². The number of rotatable bonds is 3. The monoisotopic (exact) mass is 377 g/mol. The summed E-state index contributed by atoms with van der Waals surface area (Å²) in [5.74, 6) is -1.34. The second kappa shape index (κ2) is 6.64. The molecule has 0 aliphatic carbocycles. The van der Waals surface area contributed by atoms with Crippen LogP contribution in [0.3, 0.4) is 0 Å². The van der Waals surface area contributed by atoms with E-state index in [0.717, 1.165) is 12.6 Å². The standard InChI is InChI=1S/C17H17F2N5OS/c1-2-24-4-3-13(21-24)16(25)22-5-7-23(8-6-22)17-20-15-12(19)9-11(18)10-14(15)26-17/h3-4,9-10H,2,5-8H2,1H3. The van der Waals surface area contributed by atoms with E-state index in [9.17, 15) is 13.6 Å². The number of anilines is 1. The van der Waals surface area contributed by atoms with Crippen LogP contribution in [0, 0.1) is 11.6 Å². The minimum atomic E-state index is -0.650. The van der Waals surface area contributed by atoms with Gasteiger partial charge in [0.05, 0.1) is 4.70 Å². The molecule has 26 heavy (non-hydrogen) atoms. The maximum absolute atomic E-state index is 13.8. The number of amides is 1. The molecule has 1 aromatic carbocycles. The average molecular weight is 377 g/mol. The summed E-state index contributed by atoms with van der Waals surface area (Å²) in [5.41, 5.74) is 0.632. The lowest BCUT2D eigenvalue weighted by Gasteiger charge is -2.34. The molecule has 0 atom stereocenters. The molecule has 1 aliphatic rings. The number of carbonyl (C=O) groups is 1. The number of piperazine rings is 1. The molecule has 3 aromatic rings. The maximum atomic E-state index is 13.8. The van der Waals surface area contributed by atoms with Crippen LogP contribution in [0.4, 0.5) is 13.9 Å². The van der Waals surface area contributed by atoms with Crippen molar-refractivity contribution in [2.75, 3.05) is 31.1 Å². The Morgan fingerprint density at radius 3 is 2.69 bits per heavy atom. The molecule has 3 heterocycles. The Morgan fingerprint density at radius 1 is 1.23 bits per heavy atom. The Bertz CT molecular complexity index is 961. The first kappa shape index (κ1) is 16.9. The highest BCUT2D eigenvalue weighted by molar-refractivity contribution is 7.22. The van der Waals surface area contributed by atoms with Gasteiger partial charge in [0.1, 0.15) is 17.0 Å². The third kappa shape index (κ3) is 3.03. The molecule has 0 saturated carbocycles. The largest absolute Gasteiger partial charge is 0.345 e. The molecule has 136 valence electrons. The molecule has 0 N–H and O–H groups in total. The van der Waals surface area contributed by atoms with E-state index in [-0.39, 0.29) is 11.4 Å². The molecule has 0 unspecified atom stereocenters. The number of hydrogen-bond acceptors (Lipinski definition) is 5. The lowest BCUT2D eigenvalue weighted by molar-refractivity contribution is 0.0740. The van der Waals surface area contributed by atoms with Gasteiger partial charge in [-0.15, -0.1) is 0 Å². The van der Waals surface area contributed by atoms with E-state index < -0.39 is 11.6 Å². The Kier molecular flexibility index (Phi) is 4.31. The first-order valence-electron chi connectivity index (χ1n) is 8.38. The van der Waals surface area contributed by atoms with Crippen molar-refractivity contribution in [3.05, 3.63) is 41.7 Å². The van der Waals surface area contributed by atoms with Gasteiger partial charge in [-0.05, 0) is 19.1 Å². The van der Waals surface area contributed by atoms with Crippen LogP contribution >= 0.6 is 11.3 Å². The molecule has 1 aliphatic heterocycles. The zero-order valence-corrected chi connectivity index (χ0v) is 15.0. The minimum absolute atomic E-state index is 0.0886. The zero-order chi connectivity index (χ0) is 18.3. The summed E-state index contributed by atoms with van der Waals surface area (Å²) in [6, 6.07) is 3.87. The number of thiazole rings is 1. The van der Waals surface area contributed by atoms with E-state index in [1.807, 2.05) is 11.8 Å². The normalized spacial score (nSPS) is 15.0. The van der Waals surface area contributed by atoms with Crippen LogP contribution in [-0.4, -0.2) is 51.8 Å². The third-order valence-corrected chi connectivity index (χ3v) is 5.49. The number of aryl methyl sites for hydroxylation is 1. The van der Waals surface area contributed by atoms with Crippen molar-refractivity contribution in [1.29, 1.82) is 0 Å². The highest BCUT2D eigenvalue weighted by Crippen LogP contribution is 2.31. The molecular weight excluding hydrogens is 360 g/mol. The predicted molar refractivity (Wildman–Crippen MR) is 95.6 cm³/mol. The summed E-state index contributed by atoms with van der Waals surface area (Å²) in [6.07, 6.45) is 1.79. The van der Waals surface area contributed by atoms with Gasteiger partial charge in [-0.1, -0.05) is 11.3 Å². The lowest BCUT2D eigenvalue weighted by Crippen LogP contribution is -2.48. The van der Waals surface area contributed by atoms with Crippen molar-refractivity contribution in [2.45, 2.75) is 13.5 Å². The molecule has 1 amide bonds. The van der Waals surface area contributed by atoms with Gasteiger partial charge in [-0.25, -0.2) is 13.8 Å². The molecule has 0 bridgehead atoms. The molecule has 1 saturated heterocycles. The van der Waals surface area contributed by atoms with Crippen LogP contribution in [0.25, 0.3) is 10.2 Å². The zero-order valence-electron chi connectivity index (χ0n) is 14.2. The first-order valence-corrected chi connectivity index (χ1v) is 9.20. The second-order valence-electron chi connectivity index (χ2n) is 6.07. The summed E-state index contributed by atoms with van der Waals surface area (Å²) in [7, 11) is 0. The second-order valence-corrected chi connectivity index (χ2v) is 7.08. The fourth-order valence-corrected chi connectivity index (χ4v) is 4.05. The van der Waals surface area contributed by atoms with Crippen LogP contribution in [-0.2, 0) is 6.54 Å². The highest BCUT2D eigenvalue weighted by Gasteiger charge is 2.25. The Morgan fingerprint density at radius 2 is 2.00 bits per heavy atom. The summed E-state index contributed by atoms with van der Waals surface area (Å²) in [4.78, 5) is 20.6. The quantitative estimate of drug-likeness (QED) is 0.704. The molecule has 6 nitrogen and oxygen atoms in total. The number of halogens is 2. The Hall–Kier alpha value is -2.55. The van der Waals surface area contributed by atoms with Crippen molar-refractivity contribution in [1.82, 2.24) is 19.7 Å². The SMILES string of the molecule is CCn1ccc(C(=O)N2CCN(c3nc4c(F)cc(F)cc4s3)CC2)n1. The van der Waals surface area contributed by atoms with E-state index in [1.165, 1.54) is 17.4 Å². The highest BCUT2D eigenvalue weighted by atomic mass is 32.1. The molecule has 0 radical (unpaired) electrons. The van der Waals surface area contributed by atoms with Gasteiger partial charge < -0.3 is 9.80 Å². The predicted octanol–water partition coefficient (Wildman–Crippen LogP) is 2.75. The van der Waals surface area contributed by atoms with E-state index in [4.69, 9.17) is 0 Å². The van der Waals surface area contributed by atoms with E-state index >= 15 is 0 Å². The topological polar surface area (TPSA) is 54.3 Å². The van der Waals surface area contributed by atoms with E-state index in [0.29, 0.717) is 41.7 Å². The van der Waals surface area contributed by atoms with Crippen molar-refractivity contribution in [3.8, 4) is 0 Å². The van der Waals surface area contributed by atoms with Crippen LogP contribution in [0.1, 0.15) is 17.4 Å². The Labute approximate surface area is 152 Å². The van der Waals surface area contributed by atoms with Gasteiger partial charge in [0.2, 0.25) is 0 Å². The van der Waals surface area contributed by atoms with E-state index in [1.54, 1.807) is 21.8 Å². The summed E-state index contributed by atoms with van der Waals surface area (Å²) in [5, 5.41) is 4.90. The number of aromatic nitrogens is 3. The van der Waals surface area contributed by atoms with Gasteiger partial charge in [0.15, 0.2) is 10.9 Å². The van der Waals surface area contributed by atoms with Crippen LogP contribution < -0.4 is 4.90 Å². The smallest absolute Gasteiger partial charge is 0.274 e. The van der Waals surface area contributed by atoms with Crippen molar-refractivity contribution in [3.63, 3.8) is 0 Å². The van der Waals surface area contributed by atoms with Crippen LogP contribution in [0.5, 0.6) is 0 Å². The van der Waals surface area contributed by atoms with Gasteiger partial charge in [0.25, 0.3) is 5.91 Å². The fraction of sp³-hybridized carbons (Fsp3) is 0.353. The number of benzene rings is 1. The van der Waals surface area contributed by atoms with Crippen LogP contribution in [0.15, 0.2) is 24.4 Å². The van der Waals surface area contributed by atoms with Gasteiger partial charge in [-0.2, -0.15) is 5.10 Å². The molecule has 9 heteroatoms. The number of nitrogens with zero attached hydrogens (tertiary/aromatic N) is 5. The molecule has 2 aromatic heterocycles. The summed E-state index contributed by atoms with van der Waals surface area (Å²) < 4.78 is 29.4. The van der Waals surface area contributed by atoms with Crippen molar-refractivity contribution >= 4 is 32.6 Å². The van der Waals surface area contributed by atoms with Crippen LogP contribution in [0.2, 0.25) is 0 Å². The van der Waals surface area contributed by atoms with Gasteiger partial charge in [0, 0.05) is 45.0 Å². The maximum Gasteiger partial charge on any atom is 0.274 e. The summed E-state index contributed by atoms with van der Waals surface area (Å²) >= 11 is 1.26. The molecular formula is C17H17F2N5OS. The fourth-order valence-electron chi connectivity index (χ4n) is 3.00. The van der Waals surface area contributed by atoms with Crippen molar-refractivity contribution < 1.29 is 13.6 Å². The third-order valence-electron chi connectivity index (χ3n) is 4.42. The number of hydrogen-bond donors (Lipinski definition) is 0. The minimum Gasteiger partial charge on any atom is -0.345 e. The molecule has 4 rings (SSSR count). The number of carbonyl (C=O) groups excluding carboxylic acids is 1. The van der Waals surface area contributed by atoms with Gasteiger partial charge in [-0.3, -0.25) is 9.48 Å². The van der Waals surface area contributed by atoms with E-state index in [2.05, 4.69) is 10.1 Å².